The molecule has 3 aromatic rings. The molecule has 116 valence electrons. The van der Waals surface area contributed by atoms with Crippen molar-refractivity contribution in [1.82, 2.24) is 14.8 Å². The van der Waals surface area contributed by atoms with Crippen LogP contribution in [-0.4, -0.2) is 21.3 Å². The molecule has 2 heterocycles. The average molecular weight is 319 g/mol. The van der Waals surface area contributed by atoms with Crippen molar-refractivity contribution >= 4 is 33.4 Å². The molecule has 5 nitrogen and oxygen atoms in total. The van der Waals surface area contributed by atoms with Crippen molar-refractivity contribution in [2.75, 3.05) is 6.54 Å². The van der Waals surface area contributed by atoms with E-state index in [-0.39, 0.29) is 5.56 Å². The summed E-state index contributed by atoms with van der Waals surface area (Å²) in [6.45, 7) is 3.23. The fraction of sp³-hybridized carbons (Fsp3) is 0.375. The van der Waals surface area contributed by atoms with Crippen molar-refractivity contribution in [2.45, 2.75) is 32.7 Å². The number of hydrogen-bond donors (Lipinski definition) is 2. The van der Waals surface area contributed by atoms with Gasteiger partial charge >= 0.3 is 0 Å². The van der Waals surface area contributed by atoms with Gasteiger partial charge in [0.1, 0.15) is 5.52 Å². The molecule has 6 heteroatoms. The molecule has 1 aromatic carbocycles. The molecule has 3 rings (SSSR count). The summed E-state index contributed by atoms with van der Waals surface area (Å²) in [4.78, 5) is 12.9. The van der Waals surface area contributed by atoms with Crippen LogP contribution in [0.1, 0.15) is 25.5 Å². The number of hydrogen-bond acceptors (Lipinski definition) is 3. The van der Waals surface area contributed by atoms with E-state index in [0.717, 1.165) is 35.9 Å². The third-order valence-corrected chi connectivity index (χ3v) is 4.13. The highest BCUT2D eigenvalue weighted by Crippen LogP contribution is 2.26. The third-order valence-electron chi connectivity index (χ3n) is 3.89. The number of nitrogens with one attached hydrogen (secondary N) is 1. The predicted molar refractivity (Wildman–Crippen MR) is 90.5 cm³/mol. The fourth-order valence-corrected chi connectivity index (χ4v) is 3.06. The molecular weight excluding hydrogens is 300 g/mol. The first kappa shape index (κ1) is 15.1. The van der Waals surface area contributed by atoms with Crippen molar-refractivity contribution in [3.63, 3.8) is 0 Å². The van der Waals surface area contributed by atoms with Gasteiger partial charge in [-0.25, -0.2) is 0 Å². The van der Waals surface area contributed by atoms with Crippen LogP contribution >= 0.6 is 11.6 Å². The van der Waals surface area contributed by atoms with Crippen molar-refractivity contribution in [1.29, 1.82) is 0 Å². The molecule has 2 aromatic heterocycles. The van der Waals surface area contributed by atoms with Crippen LogP contribution in [-0.2, 0) is 13.0 Å². The molecule has 0 unspecified atom stereocenters. The summed E-state index contributed by atoms with van der Waals surface area (Å²) < 4.78 is 1.79. The van der Waals surface area contributed by atoms with Crippen molar-refractivity contribution in [3.05, 3.63) is 39.3 Å². The highest BCUT2D eigenvalue weighted by molar-refractivity contribution is 6.31. The number of rotatable bonds is 5. The van der Waals surface area contributed by atoms with Crippen LogP contribution in [0.25, 0.3) is 21.8 Å². The zero-order valence-electron chi connectivity index (χ0n) is 12.5. The summed E-state index contributed by atoms with van der Waals surface area (Å²) >= 11 is 6.14. The van der Waals surface area contributed by atoms with Crippen molar-refractivity contribution in [2.24, 2.45) is 5.73 Å². The van der Waals surface area contributed by atoms with Gasteiger partial charge in [-0.2, -0.15) is 5.10 Å². The van der Waals surface area contributed by atoms with Gasteiger partial charge < -0.3 is 10.3 Å². The van der Waals surface area contributed by atoms with E-state index in [2.05, 4.69) is 17.1 Å². The van der Waals surface area contributed by atoms with E-state index in [9.17, 15) is 4.79 Å². The molecule has 0 saturated carbocycles. The maximum absolute atomic E-state index is 12.9. The van der Waals surface area contributed by atoms with Crippen LogP contribution in [0.5, 0.6) is 0 Å². The number of aromatic nitrogens is 3. The number of halogens is 1. The van der Waals surface area contributed by atoms with E-state index in [1.165, 1.54) is 0 Å². The second kappa shape index (κ2) is 6.10. The number of pyridine rings is 1. The van der Waals surface area contributed by atoms with Gasteiger partial charge in [0.15, 0.2) is 0 Å². The number of aromatic amines is 1. The lowest BCUT2D eigenvalue weighted by atomic mass is 10.1. The summed E-state index contributed by atoms with van der Waals surface area (Å²) in [5.41, 5.74) is 8.06. The Morgan fingerprint density at radius 2 is 2.23 bits per heavy atom. The van der Waals surface area contributed by atoms with Crippen LogP contribution in [0.2, 0.25) is 5.02 Å². The number of H-pyrrole nitrogens is 1. The van der Waals surface area contributed by atoms with E-state index in [1.54, 1.807) is 10.6 Å². The van der Waals surface area contributed by atoms with Gasteiger partial charge in [-0.15, -0.1) is 0 Å². The topological polar surface area (TPSA) is 76.7 Å². The van der Waals surface area contributed by atoms with Gasteiger partial charge in [-0.3, -0.25) is 9.89 Å². The number of benzene rings is 1. The fourth-order valence-electron chi connectivity index (χ4n) is 2.88. The Bertz CT molecular complexity index is 881. The van der Waals surface area contributed by atoms with Gasteiger partial charge in [0, 0.05) is 22.6 Å². The molecule has 0 aliphatic heterocycles. The van der Waals surface area contributed by atoms with E-state index >= 15 is 0 Å². The van der Waals surface area contributed by atoms with Crippen molar-refractivity contribution in [3.8, 4) is 0 Å². The van der Waals surface area contributed by atoms with E-state index in [1.807, 2.05) is 12.1 Å². The standard InChI is InChI=1S/C16H19ClN4O/c1-2-4-12-14-15(20-19-12)11-9-10(17)5-6-13(11)21(16(14)22)8-3-7-18/h5-6,9H,2-4,7-8,18H2,1H3,(H,19,20). The van der Waals surface area contributed by atoms with Crippen LogP contribution in [0.4, 0.5) is 0 Å². The highest BCUT2D eigenvalue weighted by atomic mass is 35.5. The summed E-state index contributed by atoms with van der Waals surface area (Å²) in [5.74, 6) is 0. The average Bonchev–Trinajstić information content (AvgIpc) is 2.92. The monoisotopic (exact) mass is 318 g/mol. The maximum atomic E-state index is 12.9. The van der Waals surface area contributed by atoms with Gasteiger partial charge in [0.2, 0.25) is 0 Å². The van der Waals surface area contributed by atoms with Crippen LogP contribution < -0.4 is 11.3 Å². The zero-order valence-corrected chi connectivity index (χ0v) is 13.3. The van der Waals surface area contributed by atoms with Crippen LogP contribution in [0.15, 0.2) is 23.0 Å². The Hall–Kier alpha value is -1.85. The third kappa shape index (κ3) is 2.40. The number of nitrogens with two attached hydrogens (primary N) is 1. The predicted octanol–water partition coefficient (Wildman–Crippen LogP) is 2.83. The Balaban J connectivity index is 2.40. The van der Waals surface area contributed by atoms with Gasteiger partial charge in [0.25, 0.3) is 5.56 Å². The molecule has 0 amide bonds. The van der Waals surface area contributed by atoms with Crippen LogP contribution in [0.3, 0.4) is 0 Å². The smallest absolute Gasteiger partial charge is 0.262 e. The van der Waals surface area contributed by atoms with E-state index in [4.69, 9.17) is 17.3 Å². The Kier molecular flexibility index (Phi) is 4.18. The molecule has 0 bridgehead atoms. The summed E-state index contributed by atoms with van der Waals surface area (Å²) in [6, 6.07) is 5.55. The lowest BCUT2D eigenvalue weighted by molar-refractivity contribution is 0.653. The molecule has 22 heavy (non-hydrogen) atoms. The first-order valence-corrected chi connectivity index (χ1v) is 7.94. The molecule has 0 saturated heterocycles. The summed E-state index contributed by atoms with van der Waals surface area (Å²) in [5, 5.41) is 9.60. The molecule has 0 atom stereocenters. The minimum Gasteiger partial charge on any atom is -0.330 e. The first-order chi connectivity index (χ1) is 10.7. The second-order valence-corrected chi connectivity index (χ2v) is 5.87. The molecular formula is C16H19ClN4O. The molecule has 0 fully saturated rings. The Labute approximate surface area is 133 Å². The molecule has 3 N–H and O–H groups in total. The van der Waals surface area contributed by atoms with Gasteiger partial charge in [-0.05, 0) is 37.6 Å². The molecule has 0 aliphatic carbocycles. The largest absolute Gasteiger partial charge is 0.330 e. The number of nitrogens with zero attached hydrogens (tertiary/aromatic N) is 2. The highest BCUT2D eigenvalue weighted by Gasteiger charge is 2.16. The van der Waals surface area contributed by atoms with Gasteiger partial charge in [-0.1, -0.05) is 24.9 Å². The Morgan fingerprint density at radius 1 is 1.41 bits per heavy atom. The maximum Gasteiger partial charge on any atom is 0.262 e. The summed E-state index contributed by atoms with van der Waals surface area (Å²) in [6.07, 6.45) is 2.51. The van der Waals surface area contributed by atoms with Crippen molar-refractivity contribution < 1.29 is 0 Å². The van der Waals surface area contributed by atoms with E-state index < -0.39 is 0 Å². The van der Waals surface area contributed by atoms with Crippen LogP contribution in [0, 0.1) is 0 Å². The first-order valence-electron chi connectivity index (χ1n) is 7.56. The second-order valence-electron chi connectivity index (χ2n) is 5.44. The summed E-state index contributed by atoms with van der Waals surface area (Å²) in [7, 11) is 0. The lowest BCUT2D eigenvalue weighted by Crippen LogP contribution is -2.22. The normalized spacial score (nSPS) is 11.6. The minimum atomic E-state index is -0.00419. The molecule has 0 aliphatic rings. The number of fused-ring (bicyclic) bond motifs is 3. The van der Waals surface area contributed by atoms with E-state index in [0.29, 0.717) is 29.0 Å². The Morgan fingerprint density at radius 3 is 2.95 bits per heavy atom. The van der Waals surface area contributed by atoms with Gasteiger partial charge in [0.05, 0.1) is 10.9 Å². The quantitative estimate of drug-likeness (QED) is 0.759. The zero-order chi connectivity index (χ0) is 15.7. The minimum absolute atomic E-state index is 0.00419. The SMILES string of the molecule is CCCc1[nH]nc2c1c(=O)n(CCCN)c1ccc(Cl)cc21. The molecule has 0 spiro atoms. The number of aryl methyl sites for hydroxylation is 2. The lowest BCUT2D eigenvalue weighted by Gasteiger charge is -2.11. The molecule has 0 radical (unpaired) electrons.